The molecule has 1 saturated heterocycles. The maximum Gasteiger partial charge on any atom is 0.156 e. The fourth-order valence-electron chi connectivity index (χ4n) is 1.50. The minimum Gasteiger partial charge on any atom is -0.362 e. The number of nitrogens with one attached hydrogen (secondary N) is 1. The van der Waals surface area contributed by atoms with E-state index in [1.807, 2.05) is 7.05 Å². The van der Waals surface area contributed by atoms with E-state index in [-0.39, 0.29) is 0 Å². The van der Waals surface area contributed by atoms with Crippen molar-refractivity contribution in [2.75, 3.05) is 12.3 Å². The minimum atomic E-state index is 0.549. The Kier molecular flexibility index (Phi) is 3.82. The predicted molar refractivity (Wildman–Crippen MR) is 66.7 cm³/mol. The number of aryl methyl sites for hydroxylation is 1. The van der Waals surface area contributed by atoms with E-state index in [4.69, 9.17) is 0 Å². The Hall–Kier alpha value is -1.04. The molecule has 1 atom stereocenters. The molecule has 0 spiro atoms. The average molecular weight is 239 g/mol. The molecule has 1 N–H and O–H groups in total. The van der Waals surface area contributed by atoms with Crippen LogP contribution in [-0.2, 0) is 13.5 Å². The van der Waals surface area contributed by atoms with Gasteiger partial charge in [-0.15, -0.1) is 0 Å². The Labute approximate surface area is 99.7 Å². The van der Waals surface area contributed by atoms with E-state index in [1.54, 1.807) is 22.8 Å². The topological polar surface area (TPSA) is 55.1 Å². The first-order chi connectivity index (χ1) is 7.74. The normalized spacial score (nSPS) is 23.4. The fourth-order valence-corrected chi connectivity index (χ4v) is 2.64. The molecule has 16 heavy (non-hydrogen) atoms. The van der Waals surface area contributed by atoms with Gasteiger partial charge in [0.15, 0.2) is 11.0 Å². The van der Waals surface area contributed by atoms with E-state index in [9.17, 15) is 0 Å². The molecule has 0 bridgehead atoms. The van der Waals surface area contributed by atoms with Crippen molar-refractivity contribution in [3.8, 4) is 0 Å². The molecular weight excluding hydrogens is 222 g/mol. The number of thioether (sulfide) groups is 1. The van der Waals surface area contributed by atoms with Gasteiger partial charge in [0.05, 0.1) is 0 Å². The molecule has 1 fully saturated rings. The number of amidine groups is 1. The second-order valence-electron chi connectivity index (χ2n) is 3.95. The molecule has 1 aromatic heterocycles. The van der Waals surface area contributed by atoms with Gasteiger partial charge in [0.1, 0.15) is 6.33 Å². The monoisotopic (exact) mass is 239 g/mol. The third-order valence-corrected chi connectivity index (χ3v) is 3.36. The van der Waals surface area contributed by atoms with E-state index in [2.05, 4.69) is 27.3 Å². The van der Waals surface area contributed by atoms with Crippen molar-refractivity contribution in [3.63, 3.8) is 0 Å². The highest BCUT2D eigenvalue weighted by Gasteiger charge is 2.12. The predicted octanol–water partition coefficient (Wildman–Crippen LogP) is 0.829. The van der Waals surface area contributed by atoms with Crippen LogP contribution in [0.15, 0.2) is 11.3 Å². The fraction of sp³-hybridized carbons (Fsp3) is 0.700. The van der Waals surface area contributed by atoms with Crippen LogP contribution in [0.3, 0.4) is 0 Å². The van der Waals surface area contributed by atoms with E-state index in [0.717, 1.165) is 29.7 Å². The summed E-state index contributed by atoms with van der Waals surface area (Å²) in [7, 11) is 1.88. The van der Waals surface area contributed by atoms with Crippen LogP contribution in [0.5, 0.6) is 0 Å². The van der Waals surface area contributed by atoms with Gasteiger partial charge in [0.25, 0.3) is 0 Å². The Morgan fingerprint density at radius 1 is 1.69 bits per heavy atom. The molecule has 0 radical (unpaired) electrons. The van der Waals surface area contributed by atoms with Gasteiger partial charge < -0.3 is 5.32 Å². The minimum absolute atomic E-state index is 0.549. The highest BCUT2D eigenvalue weighted by atomic mass is 32.2. The van der Waals surface area contributed by atoms with Crippen LogP contribution in [0, 0.1) is 0 Å². The van der Waals surface area contributed by atoms with Crippen LogP contribution < -0.4 is 5.32 Å². The smallest absolute Gasteiger partial charge is 0.156 e. The van der Waals surface area contributed by atoms with Gasteiger partial charge in [-0.25, -0.2) is 4.98 Å². The highest BCUT2D eigenvalue weighted by molar-refractivity contribution is 8.13. The van der Waals surface area contributed by atoms with Gasteiger partial charge in [-0.2, -0.15) is 5.10 Å². The number of aliphatic imine (C=N–C) groups is 1. The van der Waals surface area contributed by atoms with Gasteiger partial charge in [-0.1, -0.05) is 11.8 Å². The zero-order valence-electron chi connectivity index (χ0n) is 9.68. The molecule has 1 unspecified atom stereocenters. The molecule has 0 amide bonds. The van der Waals surface area contributed by atoms with Crippen molar-refractivity contribution in [3.05, 3.63) is 12.2 Å². The molecule has 1 aromatic rings. The van der Waals surface area contributed by atoms with E-state index >= 15 is 0 Å². The SMILES string of the molecule is CC1CCSC(=NCCc2ncn(C)n2)N1. The second kappa shape index (κ2) is 5.34. The summed E-state index contributed by atoms with van der Waals surface area (Å²) in [5.41, 5.74) is 0. The summed E-state index contributed by atoms with van der Waals surface area (Å²) in [6, 6.07) is 0.549. The average Bonchev–Trinajstić information content (AvgIpc) is 2.64. The van der Waals surface area contributed by atoms with Crippen LogP contribution >= 0.6 is 11.8 Å². The molecule has 88 valence electrons. The number of hydrogen-bond donors (Lipinski definition) is 1. The third-order valence-electron chi connectivity index (χ3n) is 2.40. The molecule has 0 saturated carbocycles. The summed E-state index contributed by atoms with van der Waals surface area (Å²) in [5, 5.41) is 8.66. The Morgan fingerprint density at radius 2 is 2.56 bits per heavy atom. The second-order valence-corrected chi connectivity index (χ2v) is 5.04. The first kappa shape index (κ1) is 11.4. The first-order valence-electron chi connectivity index (χ1n) is 5.52. The first-order valence-corrected chi connectivity index (χ1v) is 6.51. The maximum atomic E-state index is 4.52. The van der Waals surface area contributed by atoms with Gasteiger partial charge >= 0.3 is 0 Å². The molecule has 2 rings (SSSR count). The highest BCUT2D eigenvalue weighted by Crippen LogP contribution is 2.13. The molecule has 1 aliphatic heterocycles. The lowest BCUT2D eigenvalue weighted by Crippen LogP contribution is -2.35. The zero-order valence-corrected chi connectivity index (χ0v) is 10.5. The molecule has 0 aliphatic carbocycles. The van der Waals surface area contributed by atoms with Crippen LogP contribution in [0.4, 0.5) is 0 Å². The molecule has 0 aromatic carbocycles. The lowest BCUT2D eigenvalue weighted by Gasteiger charge is -2.21. The Bertz CT molecular complexity index is 373. The molecule has 2 heterocycles. The molecular formula is C10H17N5S. The molecule has 1 aliphatic rings. The molecule has 5 nitrogen and oxygen atoms in total. The largest absolute Gasteiger partial charge is 0.362 e. The van der Waals surface area contributed by atoms with Crippen LogP contribution in [-0.4, -0.2) is 38.3 Å². The van der Waals surface area contributed by atoms with Crippen molar-refractivity contribution < 1.29 is 0 Å². The summed E-state index contributed by atoms with van der Waals surface area (Å²) >= 11 is 1.80. The van der Waals surface area contributed by atoms with Gasteiger partial charge in [0.2, 0.25) is 0 Å². The lowest BCUT2D eigenvalue weighted by atomic mass is 10.3. The quantitative estimate of drug-likeness (QED) is 0.849. The number of nitrogens with zero attached hydrogens (tertiary/aromatic N) is 4. The number of rotatable bonds is 3. The van der Waals surface area contributed by atoms with Crippen LogP contribution in [0.25, 0.3) is 0 Å². The van der Waals surface area contributed by atoms with Crippen LogP contribution in [0.1, 0.15) is 19.2 Å². The third kappa shape index (κ3) is 3.23. The summed E-state index contributed by atoms with van der Waals surface area (Å²) in [5.74, 6) is 2.02. The zero-order chi connectivity index (χ0) is 11.4. The van der Waals surface area contributed by atoms with E-state index < -0.39 is 0 Å². The Balaban J connectivity index is 1.80. The van der Waals surface area contributed by atoms with Crippen molar-refractivity contribution in [1.82, 2.24) is 20.1 Å². The summed E-state index contributed by atoms with van der Waals surface area (Å²) in [4.78, 5) is 8.69. The maximum absolute atomic E-state index is 4.52. The van der Waals surface area contributed by atoms with E-state index in [1.165, 1.54) is 6.42 Å². The van der Waals surface area contributed by atoms with Crippen LogP contribution in [0.2, 0.25) is 0 Å². The van der Waals surface area contributed by atoms with Gasteiger partial charge in [0, 0.05) is 31.8 Å². The standard InChI is InChI=1S/C10H17N5S/c1-8-4-6-16-10(13-8)11-5-3-9-12-7-15(2)14-9/h7-8H,3-6H2,1-2H3,(H,11,13). The Morgan fingerprint density at radius 3 is 3.25 bits per heavy atom. The van der Waals surface area contributed by atoms with Crippen molar-refractivity contribution in [1.29, 1.82) is 0 Å². The molecule has 6 heteroatoms. The van der Waals surface area contributed by atoms with Crippen molar-refractivity contribution >= 4 is 16.9 Å². The van der Waals surface area contributed by atoms with E-state index in [0.29, 0.717) is 6.04 Å². The summed E-state index contributed by atoms with van der Waals surface area (Å²) in [6.07, 6.45) is 3.74. The lowest BCUT2D eigenvalue weighted by molar-refractivity contribution is 0.642. The van der Waals surface area contributed by atoms with Crippen molar-refractivity contribution in [2.24, 2.45) is 12.0 Å². The van der Waals surface area contributed by atoms with Crippen molar-refractivity contribution in [2.45, 2.75) is 25.8 Å². The number of hydrogen-bond acceptors (Lipinski definition) is 4. The number of aromatic nitrogens is 3. The van der Waals surface area contributed by atoms with Gasteiger partial charge in [-0.05, 0) is 13.3 Å². The summed E-state index contributed by atoms with van der Waals surface area (Å²) < 4.78 is 1.72. The van der Waals surface area contributed by atoms with Gasteiger partial charge in [-0.3, -0.25) is 9.67 Å². The summed E-state index contributed by atoms with van der Waals surface area (Å²) in [6.45, 7) is 2.95.